The van der Waals surface area contributed by atoms with Gasteiger partial charge in [-0.15, -0.1) is 5.10 Å². The van der Waals surface area contributed by atoms with Crippen LogP contribution in [-0.2, 0) is 0 Å². The molecule has 5 heteroatoms. The van der Waals surface area contributed by atoms with Gasteiger partial charge < -0.3 is 0 Å². The van der Waals surface area contributed by atoms with Crippen molar-refractivity contribution in [3.63, 3.8) is 0 Å². The lowest BCUT2D eigenvalue weighted by Gasteiger charge is -2.04. The van der Waals surface area contributed by atoms with E-state index in [0.717, 1.165) is 17.1 Å². The molecule has 1 aromatic heterocycles. The van der Waals surface area contributed by atoms with E-state index in [1.807, 2.05) is 54.6 Å². The number of aromatic nitrogens is 4. The van der Waals surface area contributed by atoms with Crippen molar-refractivity contribution in [2.75, 3.05) is 0 Å². The summed E-state index contributed by atoms with van der Waals surface area (Å²) in [5.41, 5.74) is 1.96. The van der Waals surface area contributed by atoms with E-state index in [4.69, 9.17) is 0 Å². The topological polar surface area (TPSA) is 43.6 Å². The first-order valence-corrected chi connectivity index (χ1v) is 6.52. The van der Waals surface area contributed by atoms with Gasteiger partial charge in [-0.2, -0.15) is 4.68 Å². The number of halogens is 1. The van der Waals surface area contributed by atoms with Gasteiger partial charge in [0.2, 0.25) is 0 Å². The Labute approximate surface area is 118 Å². The van der Waals surface area contributed by atoms with Gasteiger partial charge in [-0.1, -0.05) is 30.3 Å². The van der Waals surface area contributed by atoms with E-state index >= 15 is 0 Å². The lowest BCUT2D eigenvalue weighted by atomic mass is 10.2. The number of benzene rings is 2. The molecule has 88 valence electrons. The molecule has 0 unspecified atom stereocenters. The Morgan fingerprint density at radius 2 is 1.61 bits per heavy atom. The maximum atomic E-state index is 4.09. The number of hydrogen-bond acceptors (Lipinski definition) is 3. The van der Waals surface area contributed by atoms with Crippen molar-refractivity contribution in [1.29, 1.82) is 0 Å². The van der Waals surface area contributed by atoms with Crippen molar-refractivity contribution in [2.45, 2.75) is 0 Å². The molecule has 0 atom stereocenters. The Hall–Kier alpha value is -1.76. The molecule has 3 aromatic rings. The summed E-state index contributed by atoms with van der Waals surface area (Å²) in [6.07, 6.45) is 0. The lowest BCUT2D eigenvalue weighted by molar-refractivity contribution is 0.791. The largest absolute Gasteiger partial charge is 0.193 e. The fourth-order valence-corrected chi connectivity index (χ4v) is 2.07. The smallest absolute Gasteiger partial charge is 0.187 e. The van der Waals surface area contributed by atoms with E-state index in [-0.39, 0.29) is 0 Å². The van der Waals surface area contributed by atoms with Crippen molar-refractivity contribution in [3.05, 3.63) is 58.2 Å². The average Bonchev–Trinajstić information content (AvgIpc) is 2.90. The van der Waals surface area contributed by atoms with E-state index in [1.165, 1.54) is 3.57 Å². The summed E-state index contributed by atoms with van der Waals surface area (Å²) in [4.78, 5) is 0. The summed E-state index contributed by atoms with van der Waals surface area (Å²) in [5, 5.41) is 11.9. The maximum Gasteiger partial charge on any atom is 0.187 e. The Kier molecular flexibility index (Phi) is 3.06. The van der Waals surface area contributed by atoms with Gasteiger partial charge in [0.1, 0.15) is 0 Å². The van der Waals surface area contributed by atoms with Crippen molar-refractivity contribution < 1.29 is 0 Å². The SMILES string of the molecule is Ic1ccc(-n2nnnc2-c2ccccc2)cc1. The second kappa shape index (κ2) is 4.85. The summed E-state index contributed by atoms with van der Waals surface area (Å²) in [6.45, 7) is 0. The van der Waals surface area contributed by atoms with Gasteiger partial charge in [-0.25, -0.2) is 0 Å². The molecule has 3 rings (SSSR count). The standard InChI is InChI=1S/C13H9IN4/c14-11-6-8-12(9-7-11)18-13(15-16-17-18)10-4-2-1-3-5-10/h1-9H. The van der Waals surface area contributed by atoms with E-state index in [1.54, 1.807) is 4.68 Å². The number of tetrazole rings is 1. The zero-order chi connectivity index (χ0) is 12.4. The Morgan fingerprint density at radius 1 is 0.889 bits per heavy atom. The molecule has 4 nitrogen and oxygen atoms in total. The predicted octanol–water partition coefficient (Wildman–Crippen LogP) is 2.93. The monoisotopic (exact) mass is 348 g/mol. The predicted molar refractivity (Wildman–Crippen MR) is 77.3 cm³/mol. The fourth-order valence-electron chi connectivity index (χ4n) is 1.71. The molecule has 0 saturated carbocycles. The van der Waals surface area contributed by atoms with Crippen molar-refractivity contribution in [3.8, 4) is 17.1 Å². The Morgan fingerprint density at radius 3 is 2.33 bits per heavy atom. The van der Waals surface area contributed by atoms with Crippen molar-refractivity contribution in [2.24, 2.45) is 0 Å². The van der Waals surface area contributed by atoms with Gasteiger partial charge >= 0.3 is 0 Å². The highest BCUT2D eigenvalue weighted by molar-refractivity contribution is 14.1. The second-order valence-corrected chi connectivity index (χ2v) is 5.00. The molecule has 0 fully saturated rings. The van der Waals surface area contributed by atoms with Crippen molar-refractivity contribution in [1.82, 2.24) is 20.2 Å². The number of rotatable bonds is 2. The molecule has 18 heavy (non-hydrogen) atoms. The van der Waals surface area contributed by atoms with Crippen LogP contribution in [0, 0.1) is 3.57 Å². The molecule has 0 amide bonds. The van der Waals surface area contributed by atoms with Crippen LogP contribution in [0.15, 0.2) is 54.6 Å². The highest BCUT2D eigenvalue weighted by Crippen LogP contribution is 2.19. The first-order valence-electron chi connectivity index (χ1n) is 5.44. The number of nitrogens with zero attached hydrogens (tertiary/aromatic N) is 4. The Bertz CT molecular complexity index is 646. The van der Waals surface area contributed by atoms with Crippen LogP contribution in [0.5, 0.6) is 0 Å². The van der Waals surface area contributed by atoms with Gasteiger partial charge in [0.15, 0.2) is 5.82 Å². The minimum atomic E-state index is 0.747. The molecular formula is C13H9IN4. The Balaban J connectivity index is 2.10. The summed E-state index contributed by atoms with van der Waals surface area (Å²) in [7, 11) is 0. The van der Waals surface area contributed by atoms with Crippen LogP contribution in [0.4, 0.5) is 0 Å². The quantitative estimate of drug-likeness (QED) is 0.669. The summed E-state index contributed by atoms with van der Waals surface area (Å²) in [6, 6.07) is 18.0. The third-order valence-electron chi connectivity index (χ3n) is 2.57. The van der Waals surface area contributed by atoms with E-state index in [2.05, 4.69) is 38.1 Å². The van der Waals surface area contributed by atoms with Gasteiger partial charge in [0, 0.05) is 9.13 Å². The molecule has 0 N–H and O–H groups in total. The molecule has 0 saturated heterocycles. The third-order valence-corrected chi connectivity index (χ3v) is 3.29. The zero-order valence-corrected chi connectivity index (χ0v) is 11.5. The first kappa shape index (κ1) is 11.3. The van der Waals surface area contributed by atoms with Crippen LogP contribution in [0.25, 0.3) is 17.1 Å². The van der Waals surface area contributed by atoms with Gasteiger partial charge in [0.05, 0.1) is 5.69 Å². The summed E-state index contributed by atoms with van der Waals surface area (Å²) < 4.78 is 2.93. The minimum absolute atomic E-state index is 0.747. The van der Waals surface area contributed by atoms with Gasteiger partial charge in [0.25, 0.3) is 0 Å². The van der Waals surface area contributed by atoms with Crippen molar-refractivity contribution >= 4 is 22.6 Å². The summed E-state index contributed by atoms with van der Waals surface area (Å²) in [5.74, 6) is 0.747. The zero-order valence-electron chi connectivity index (χ0n) is 9.36. The number of hydrogen-bond donors (Lipinski definition) is 0. The van der Waals surface area contributed by atoms with Crippen LogP contribution in [0.2, 0.25) is 0 Å². The van der Waals surface area contributed by atoms with Gasteiger partial charge in [-0.05, 0) is 57.3 Å². The summed E-state index contributed by atoms with van der Waals surface area (Å²) >= 11 is 2.27. The molecule has 0 bridgehead atoms. The lowest BCUT2D eigenvalue weighted by Crippen LogP contribution is -1.99. The van der Waals surface area contributed by atoms with E-state index < -0.39 is 0 Å². The van der Waals surface area contributed by atoms with E-state index in [0.29, 0.717) is 0 Å². The maximum absolute atomic E-state index is 4.09. The molecule has 0 aliphatic carbocycles. The molecule has 0 aliphatic rings. The molecule has 0 radical (unpaired) electrons. The average molecular weight is 348 g/mol. The first-order chi connectivity index (χ1) is 8.84. The van der Waals surface area contributed by atoms with Gasteiger partial charge in [-0.3, -0.25) is 0 Å². The molecule has 1 heterocycles. The highest BCUT2D eigenvalue weighted by Gasteiger charge is 2.09. The molecule has 0 spiro atoms. The molecular weight excluding hydrogens is 339 g/mol. The molecule has 0 aliphatic heterocycles. The molecule has 2 aromatic carbocycles. The minimum Gasteiger partial charge on any atom is -0.193 e. The van der Waals surface area contributed by atoms with Crippen LogP contribution >= 0.6 is 22.6 Å². The van der Waals surface area contributed by atoms with E-state index in [9.17, 15) is 0 Å². The van der Waals surface area contributed by atoms with Crippen LogP contribution in [0.3, 0.4) is 0 Å². The third kappa shape index (κ3) is 2.13. The van der Waals surface area contributed by atoms with Crippen LogP contribution < -0.4 is 0 Å². The normalized spacial score (nSPS) is 10.5. The second-order valence-electron chi connectivity index (χ2n) is 3.76. The van der Waals surface area contributed by atoms with Crippen LogP contribution in [-0.4, -0.2) is 20.2 Å². The fraction of sp³-hybridized carbons (Fsp3) is 0. The van der Waals surface area contributed by atoms with Crippen LogP contribution in [0.1, 0.15) is 0 Å². The highest BCUT2D eigenvalue weighted by atomic mass is 127.